The molecule has 3 rings (SSSR count). The highest BCUT2D eigenvalue weighted by atomic mass is 16.6. The van der Waals surface area contributed by atoms with Crippen molar-refractivity contribution in [3.05, 3.63) is 18.2 Å². The average Bonchev–Trinajstić information content (AvgIpc) is 2.99. The predicted octanol–water partition coefficient (Wildman–Crippen LogP) is 1.12. The van der Waals surface area contributed by atoms with Crippen LogP contribution in [0, 0.1) is 6.92 Å². The van der Waals surface area contributed by atoms with Gasteiger partial charge in [0, 0.05) is 25.4 Å². The van der Waals surface area contributed by atoms with Crippen LogP contribution in [0.25, 0.3) is 0 Å². The van der Waals surface area contributed by atoms with Gasteiger partial charge in [0.05, 0.1) is 24.9 Å². The highest BCUT2D eigenvalue weighted by Gasteiger charge is 2.41. The Morgan fingerprint density at radius 1 is 1.53 bits per heavy atom. The van der Waals surface area contributed by atoms with Gasteiger partial charge in [-0.05, 0) is 32.9 Å². The van der Waals surface area contributed by atoms with Gasteiger partial charge < -0.3 is 19.4 Å². The Balaban J connectivity index is 1.43. The minimum Gasteiger partial charge on any atom is -0.374 e. The van der Waals surface area contributed by atoms with Crippen molar-refractivity contribution in [2.45, 2.75) is 44.4 Å². The van der Waals surface area contributed by atoms with Gasteiger partial charge in [-0.2, -0.15) is 0 Å². The maximum absolute atomic E-state index is 6.02. The zero-order chi connectivity index (χ0) is 13.1. The number of ether oxygens (including phenoxy) is 2. The van der Waals surface area contributed by atoms with Crippen LogP contribution < -0.4 is 5.32 Å². The van der Waals surface area contributed by atoms with E-state index in [1.807, 2.05) is 19.3 Å². The number of aromatic nitrogens is 2. The van der Waals surface area contributed by atoms with E-state index in [-0.39, 0.29) is 11.7 Å². The highest BCUT2D eigenvalue weighted by molar-refractivity contribution is 4.93. The van der Waals surface area contributed by atoms with Crippen molar-refractivity contribution in [1.82, 2.24) is 14.9 Å². The maximum Gasteiger partial charge on any atom is 0.105 e. The molecule has 2 aliphatic heterocycles. The van der Waals surface area contributed by atoms with Crippen LogP contribution in [0.5, 0.6) is 0 Å². The fourth-order valence-electron chi connectivity index (χ4n) is 3.10. The van der Waals surface area contributed by atoms with Gasteiger partial charge in [-0.1, -0.05) is 0 Å². The van der Waals surface area contributed by atoms with Crippen molar-refractivity contribution in [1.29, 1.82) is 0 Å². The normalized spacial score (nSPS) is 26.1. The quantitative estimate of drug-likeness (QED) is 0.886. The van der Waals surface area contributed by atoms with Gasteiger partial charge in [-0.25, -0.2) is 4.98 Å². The van der Waals surface area contributed by atoms with Crippen molar-refractivity contribution in [3.63, 3.8) is 0 Å². The molecule has 2 saturated heterocycles. The molecule has 2 aliphatic rings. The minimum atomic E-state index is 0.0981. The fourth-order valence-corrected chi connectivity index (χ4v) is 3.10. The molecule has 1 aromatic heterocycles. The van der Waals surface area contributed by atoms with E-state index in [0.717, 1.165) is 57.9 Å². The topological polar surface area (TPSA) is 48.3 Å². The van der Waals surface area contributed by atoms with E-state index < -0.39 is 0 Å². The molecule has 0 aliphatic carbocycles. The first-order chi connectivity index (χ1) is 9.27. The Morgan fingerprint density at radius 2 is 2.37 bits per heavy atom. The Hall–Kier alpha value is -0.910. The van der Waals surface area contributed by atoms with E-state index in [9.17, 15) is 0 Å². The summed E-state index contributed by atoms with van der Waals surface area (Å²) in [6.07, 6.45) is 7.39. The van der Waals surface area contributed by atoms with Crippen LogP contribution in [0.2, 0.25) is 0 Å². The number of nitrogens with one attached hydrogen (secondary N) is 1. The highest BCUT2D eigenvalue weighted by Crippen LogP contribution is 2.35. The van der Waals surface area contributed by atoms with Crippen LogP contribution in [0.15, 0.2) is 12.4 Å². The maximum atomic E-state index is 6.02. The van der Waals surface area contributed by atoms with Gasteiger partial charge in [0.25, 0.3) is 0 Å². The molecule has 19 heavy (non-hydrogen) atoms. The lowest BCUT2D eigenvalue weighted by Gasteiger charge is -2.32. The number of imidazole rings is 1. The first-order valence-corrected chi connectivity index (χ1v) is 7.21. The van der Waals surface area contributed by atoms with Crippen LogP contribution in [0.4, 0.5) is 0 Å². The van der Waals surface area contributed by atoms with E-state index in [4.69, 9.17) is 9.47 Å². The van der Waals surface area contributed by atoms with E-state index in [1.54, 1.807) is 0 Å². The third kappa shape index (κ3) is 2.99. The molecule has 5 heteroatoms. The summed E-state index contributed by atoms with van der Waals surface area (Å²) in [5.74, 6) is 1.04. The second kappa shape index (κ2) is 5.61. The van der Waals surface area contributed by atoms with Gasteiger partial charge in [0.15, 0.2) is 0 Å². The van der Waals surface area contributed by atoms with Crippen LogP contribution in [-0.4, -0.2) is 47.6 Å². The van der Waals surface area contributed by atoms with Crippen molar-refractivity contribution in [2.75, 3.05) is 26.3 Å². The standard InChI is InChI=1S/C14H23N3O2/c1-12-16-6-7-17(12)8-9-18-13-10-14(19-11-13)2-4-15-5-3-14/h6-7,13,15H,2-5,8-11H2,1H3. The summed E-state index contributed by atoms with van der Waals surface area (Å²) >= 11 is 0. The predicted molar refractivity (Wildman–Crippen MR) is 72.1 cm³/mol. The van der Waals surface area contributed by atoms with Crippen LogP contribution >= 0.6 is 0 Å². The smallest absolute Gasteiger partial charge is 0.105 e. The molecule has 1 N–H and O–H groups in total. The number of aryl methyl sites for hydroxylation is 1. The SMILES string of the molecule is Cc1nccn1CCOC1COC2(CCNCC2)C1. The first kappa shape index (κ1) is 13.1. The number of hydrogen-bond acceptors (Lipinski definition) is 4. The molecular formula is C14H23N3O2. The molecule has 1 spiro atoms. The summed E-state index contributed by atoms with van der Waals surface area (Å²) in [6, 6.07) is 0. The number of nitrogens with zero attached hydrogens (tertiary/aromatic N) is 2. The second-order valence-electron chi connectivity index (χ2n) is 5.61. The van der Waals surface area contributed by atoms with E-state index in [0.29, 0.717) is 0 Å². The zero-order valence-corrected chi connectivity index (χ0v) is 11.6. The van der Waals surface area contributed by atoms with Gasteiger partial charge in [-0.15, -0.1) is 0 Å². The summed E-state index contributed by atoms with van der Waals surface area (Å²) in [7, 11) is 0. The number of rotatable bonds is 4. The molecular weight excluding hydrogens is 242 g/mol. The van der Waals surface area contributed by atoms with Crippen molar-refractivity contribution in [3.8, 4) is 0 Å². The third-order valence-corrected chi connectivity index (χ3v) is 4.30. The molecule has 1 aromatic rings. The summed E-state index contributed by atoms with van der Waals surface area (Å²) in [6.45, 7) is 6.52. The molecule has 0 saturated carbocycles. The van der Waals surface area contributed by atoms with Crippen LogP contribution in [0.3, 0.4) is 0 Å². The largest absolute Gasteiger partial charge is 0.374 e. The van der Waals surface area contributed by atoms with E-state index >= 15 is 0 Å². The van der Waals surface area contributed by atoms with Gasteiger partial charge >= 0.3 is 0 Å². The monoisotopic (exact) mass is 265 g/mol. The fraction of sp³-hybridized carbons (Fsp3) is 0.786. The van der Waals surface area contributed by atoms with Gasteiger partial charge in [0.2, 0.25) is 0 Å². The van der Waals surface area contributed by atoms with Crippen molar-refractivity contribution in [2.24, 2.45) is 0 Å². The lowest BCUT2D eigenvalue weighted by Crippen LogP contribution is -2.41. The molecule has 5 nitrogen and oxygen atoms in total. The molecule has 0 aromatic carbocycles. The van der Waals surface area contributed by atoms with Crippen LogP contribution in [0.1, 0.15) is 25.1 Å². The second-order valence-corrected chi connectivity index (χ2v) is 5.61. The van der Waals surface area contributed by atoms with E-state index in [1.165, 1.54) is 0 Å². The number of hydrogen-bond donors (Lipinski definition) is 1. The van der Waals surface area contributed by atoms with Crippen LogP contribution in [-0.2, 0) is 16.0 Å². The Labute approximate surface area is 114 Å². The third-order valence-electron chi connectivity index (χ3n) is 4.30. The summed E-state index contributed by atoms with van der Waals surface area (Å²) < 4.78 is 14.1. The Kier molecular flexibility index (Phi) is 3.86. The molecule has 0 amide bonds. The minimum absolute atomic E-state index is 0.0981. The Morgan fingerprint density at radius 3 is 3.11 bits per heavy atom. The molecule has 0 radical (unpaired) electrons. The Bertz CT molecular complexity index is 413. The molecule has 2 fully saturated rings. The van der Waals surface area contributed by atoms with Gasteiger partial charge in [0.1, 0.15) is 5.82 Å². The molecule has 1 atom stereocenters. The first-order valence-electron chi connectivity index (χ1n) is 7.21. The lowest BCUT2D eigenvalue weighted by molar-refractivity contribution is -0.0235. The molecule has 1 unspecified atom stereocenters. The summed E-state index contributed by atoms with van der Waals surface area (Å²) in [5.41, 5.74) is 0.0981. The zero-order valence-electron chi connectivity index (χ0n) is 11.6. The number of piperidine rings is 1. The van der Waals surface area contributed by atoms with Crippen molar-refractivity contribution >= 4 is 0 Å². The lowest BCUT2D eigenvalue weighted by atomic mass is 9.89. The molecule has 3 heterocycles. The average molecular weight is 265 g/mol. The summed E-state index contributed by atoms with van der Waals surface area (Å²) in [4.78, 5) is 4.21. The molecule has 0 bridgehead atoms. The van der Waals surface area contributed by atoms with Gasteiger partial charge in [-0.3, -0.25) is 0 Å². The van der Waals surface area contributed by atoms with Crippen molar-refractivity contribution < 1.29 is 9.47 Å². The summed E-state index contributed by atoms with van der Waals surface area (Å²) in [5, 5.41) is 3.39. The van der Waals surface area contributed by atoms with E-state index in [2.05, 4.69) is 14.9 Å². The molecule has 106 valence electrons.